The van der Waals surface area contributed by atoms with E-state index in [0.29, 0.717) is 17.1 Å². The highest BCUT2D eigenvalue weighted by atomic mass is 19.1. The number of hydrogen-bond donors (Lipinski definition) is 2. The zero-order valence-electron chi connectivity index (χ0n) is 6.79. The van der Waals surface area contributed by atoms with Gasteiger partial charge in [0.15, 0.2) is 0 Å². The van der Waals surface area contributed by atoms with E-state index in [2.05, 4.69) is 10.2 Å². The summed E-state index contributed by atoms with van der Waals surface area (Å²) in [6.45, 7) is 0. The summed E-state index contributed by atoms with van der Waals surface area (Å²) in [4.78, 5) is 0. The van der Waals surface area contributed by atoms with Gasteiger partial charge in [-0.1, -0.05) is 12.1 Å². The molecule has 0 radical (unpaired) electrons. The van der Waals surface area contributed by atoms with Gasteiger partial charge in [0.2, 0.25) is 0 Å². The van der Waals surface area contributed by atoms with Crippen LogP contribution >= 0.6 is 0 Å². The molecule has 4 heteroatoms. The second-order valence-electron chi connectivity index (χ2n) is 2.69. The number of halogens is 1. The zero-order valence-corrected chi connectivity index (χ0v) is 6.79. The first-order valence-electron chi connectivity index (χ1n) is 3.83. The lowest BCUT2D eigenvalue weighted by atomic mass is 10.1. The molecule has 0 fully saturated rings. The van der Waals surface area contributed by atoms with Crippen LogP contribution in [0.2, 0.25) is 0 Å². The topological polar surface area (TPSA) is 54.7 Å². The van der Waals surface area contributed by atoms with Crippen LogP contribution in [0.25, 0.3) is 11.3 Å². The minimum Gasteiger partial charge on any atom is -0.382 e. The van der Waals surface area contributed by atoms with Gasteiger partial charge in [-0.15, -0.1) is 0 Å². The van der Waals surface area contributed by atoms with Crippen LogP contribution in [0.1, 0.15) is 0 Å². The molecule has 0 bridgehead atoms. The summed E-state index contributed by atoms with van der Waals surface area (Å²) in [6, 6.07) is 8.06. The van der Waals surface area contributed by atoms with E-state index in [1.165, 1.54) is 6.07 Å². The lowest BCUT2D eigenvalue weighted by Gasteiger charge is -1.97. The molecule has 0 spiro atoms. The van der Waals surface area contributed by atoms with Crippen LogP contribution in [0.15, 0.2) is 30.3 Å². The third-order valence-electron chi connectivity index (χ3n) is 1.76. The molecule has 0 aliphatic carbocycles. The van der Waals surface area contributed by atoms with Crippen molar-refractivity contribution in [2.75, 3.05) is 5.73 Å². The average Bonchev–Trinajstić information content (AvgIpc) is 2.53. The van der Waals surface area contributed by atoms with Gasteiger partial charge in [0.25, 0.3) is 0 Å². The summed E-state index contributed by atoms with van der Waals surface area (Å²) < 4.78 is 13.2. The Balaban J connectivity index is 2.52. The van der Waals surface area contributed by atoms with Crippen molar-refractivity contribution < 1.29 is 4.39 Å². The highest BCUT2D eigenvalue weighted by Crippen LogP contribution is 2.21. The molecule has 3 nitrogen and oxygen atoms in total. The van der Waals surface area contributed by atoms with Crippen LogP contribution in [0.3, 0.4) is 0 Å². The van der Waals surface area contributed by atoms with E-state index in [4.69, 9.17) is 5.73 Å². The summed E-state index contributed by atoms with van der Waals surface area (Å²) in [5.41, 5.74) is 6.47. The van der Waals surface area contributed by atoms with E-state index in [1.54, 1.807) is 24.3 Å². The van der Waals surface area contributed by atoms with Gasteiger partial charge in [-0.25, -0.2) is 4.39 Å². The Morgan fingerprint density at radius 2 is 2.08 bits per heavy atom. The maximum absolute atomic E-state index is 13.2. The molecule has 1 heterocycles. The van der Waals surface area contributed by atoms with Gasteiger partial charge in [-0.2, -0.15) is 5.10 Å². The molecule has 2 aromatic rings. The molecule has 0 unspecified atom stereocenters. The minimum atomic E-state index is -0.286. The maximum atomic E-state index is 13.2. The van der Waals surface area contributed by atoms with Gasteiger partial charge in [0.05, 0.1) is 5.69 Å². The van der Waals surface area contributed by atoms with Gasteiger partial charge in [0.1, 0.15) is 11.6 Å². The highest BCUT2D eigenvalue weighted by molar-refractivity contribution is 5.62. The lowest BCUT2D eigenvalue weighted by molar-refractivity contribution is 0.630. The number of nitrogen functional groups attached to an aromatic ring is 1. The SMILES string of the molecule is Nc1cc(-c2ccccc2F)[nH]n1. The van der Waals surface area contributed by atoms with Crippen molar-refractivity contribution in [3.63, 3.8) is 0 Å². The standard InChI is InChI=1S/C9H8FN3/c10-7-4-2-1-3-6(7)8-5-9(11)13-12-8/h1-5H,(H3,11,12,13). The van der Waals surface area contributed by atoms with E-state index in [1.807, 2.05) is 0 Å². The second-order valence-corrected chi connectivity index (χ2v) is 2.69. The van der Waals surface area contributed by atoms with Crippen molar-refractivity contribution in [3.8, 4) is 11.3 Å². The van der Waals surface area contributed by atoms with Crippen molar-refractivity contribution in [2.24, 2.45) is 0 Å². The number of benzene rings is 1. The van der Waals surface area contributed by atoms with E-state index in [9.17, 15) is 4.39 Å². The number of nitrogens with two attached hydrogens (primary N) is 1. The predicted molar refractivity (Wildman–Crippen MR) is 48.4 cm³/mol. The third-order valence-corrected chi connectivity index (χ3v) is 1.76. The fourth-order valence-corrected chi connectivity index (χ4v) is 1.15. The van der Waals surface area contributed by atoms with Crippen LogP contribution in [0.4, 0.5) is 10.2 Å². The largest absolute Gasteiger partial charge is 0.382 e. The van der Waals surface area contributed by atoms with Crippen molar-refractivity contribution >= 4 is 5.82 Å². The Morgan fingerprint density at radius 1 is 1.31 bits per heavy atom. The highest BCUT2D eigenvalue weighted by Gasteiger charge is 2.05. The zero-order chi connectivity index (χ0) is 9.26. The third kappa shape index (κ3) is 1.38. The molecular weight excluding hydrogens is 169 g/mol. The van der Waals surface area contributed by atoms with E-state index >= 15 is 0 Å². The molecule has 0 atom stereocenters. The Labute approximate surface area is 74.4 Å². The molecule has 2 rings (SSSR count). The van der Waals surface area contributed by atoms with Crippen LogP contribution in [-0.4, -0.2) is 10.2 Å². The number of aromatic nitrogens is 2. The van der Waals surface area contributed by atoms with E-state index in [0.717, 1.165) is 0 Å². The molecule has 0 aliphatic rings. The molecule has 13 heavy (non-hydrogen) atoms. The first kappa shape index (κ1) is 7.79. The fourth-order valence-electron chi connectivity index (χ4n) is 1.15. The average molecular weight is 177 g/mol. The first-order valence-corrected chi connectivity index (χ1v) is 3.83. The molecule has 66 valence electrons. The number of rotatable bonds is 1. The Morgan fingerprint density at radius 3 is 2.69 bits per heavy atom. The number of aromatic amines is 1. The van der Waals surface area contributed by atoms with Gasteiger partial charge in [-0.3, -0.25) is 5.10 Å². The summed E-state index contributed by atoms with van der Waals surface area (Å²) in [7, 11) is 0. The predicted octanol–water partition coefficient (Wildman–Crippen LogP) is 1.80. The van der Waals surface area contributed by atoms with Crippen LogP contribution in [-0.2, 0) is 0 Å². The van der Waals surface area contributed by atoms with Gasteiger partial charge < -0.3 is 5.73 Å². The molecule has 0 saturated heterocycles. The Hall–Kier alpha value is -1.84. The van der Waals surface area contributed by atoms with Crippen LogP contribution < -0.4 is 5.73 Å². The molecule has 0 aliphatic heterocycles. The molecular formula is C9H8FN3. The number of anilines is 1. The van der Waals surface area contributed by atoms with Gasteiger partial charge in [-0.05, 0) is 12.1 Å². The number of H-pyrrole nitrogens is 1. The van der Waals surface area contributed by atoms with E-state index in [-0.39, 0.29) is 5.82 Å². The second kappa shape index (κ2) is 2.90. The van der Waals surface area contributed by atoms with Crippen molar-refractivity contribution in [3.05, 3.63) is 36.1 Å². The normalized spacial score (nSPS) is 10.2. The fraction of sp³-hybridized carbons (Fsp3) is 0. The molecule has 1 aromatic heterocycles. The van der Waals surface area contributed by atoms with Gasteiger partial charge in [0, 0.05) is 11.6 Å². The molecule has 3 N–H and O–H groups in total. The molecule has 1 aromatic carbocycles. The lowest BCUT2D eigenvalue weighted by Crippen LogP contribution is -1.82. The minimum absolute atomic E-state index is 0.286. The molecule has 0 amide bonds. The summed E-state index contributed by atoms with van der Waals surface area (Å²) >= 11 is 0. The number of nitrogens with one attached hydrogen (secondary N) is 1. The quantitative estimate of drug-likeness (QED) is 0.697. The summed E-state index contributed by atoms with van der Waals surface area (Å²) in [6.07, 6.45) is 0. The summed E-state index contributed by atoms with van der Waals surface area (Å²) in [5.74, 6) is 0.0735. The molecule has 0 saturated carbocycles. The first-order chi connectivity index (χ1) is 6.27. The van der Waals surface area contributed by atoms with Crippen molar-refractivity contribution in [1.29, 1.82) is 0 Å². The van der Waals surface area contributed by atoms with Crippen LogP contribution in [0.5, 0.6) is 0 Å². The Kier molecular flexibility index (Phi) is 1.73. The number of nitrogens with zero attached hydrogens (tertiary/aromatic N) is 1. The summed E-state index contributed by atoms with van der Waals surface area (Å²) in [5, 5.41) is 6.37. The smallest absolute Gasteiger partial charge is 0.145 e. The van der Waals surface area contributed by atoms with Crippen molar-refractivity contribution in [2.45, 2.75) is 0 Å². The van der Waals surface area contributed by atoms with E-state index < -0.39 is 0 Å². The van der Waals surface area contributed by atoms with Crippen LogP contribution in [0, 0.1) is 5.82 Å². The van der Waals surface area contributed by atoms with Crippen molar-refractivity contribution in [1.82, 2.24) is 10.2 Å². The Bertz CT molecular complexity index is 422. The monoisotopic (exact) mass is 177 g/mol. The van der Waals surface area contributed by atoms with Gasteiger partial charge >= 0.3 is 0 Å². The number of hydrogen-bond acceptors (Lipinski definition) is 2. The maximum Gasteiger partial charge on any atom is 0.145 e.